The Morgan fingerprint density at radius 1 is 1.06 bits per heavy atom. The van der Waals surface area contributed by atoms with Gasteiger partial charge in [-0.15, -0.1) is 0 Å². The number of ether oxygens (including phenoxy) is 2. The van der Waals surface area contributed by atoms with Crippen LogP contribution in [0, 0.1) is 6.92 Å². The Bertz CT molecular complexity index is 1260. The summed E-state index contributed by atoms with van der Waals surface area (Å²) in [5, 5.41) is 0. The molecule has 0 N–H and O–H groups in total. The van der Waals surface area contributed by atoms with Gasteiger partial charge in [0, 0.05) is 36.5 Å². The number of para-hydroxylation sites is 1. The summed E-state index contributed by atoms with van der Waals surface area (Å²) < 4.78 is 17.1. The van der Waals surface area contributed by atoms with Gasteiger partial charge in [-0.2, -0.15) is 0 Å². The highest BCUT2D eigenvalue weighted by Gasteiger charge is 2.22. The number of nitrogens with zero attached hydrogens (tertiary/aromatic N) is 2. The number of furan rings is 1. The topological polar surface area (TPSA) is 47.7 Å². The van der Waals surface area contributed by atoms with Crippen LogP contribution in [-0.4, -0.2) is 18.6 Å². The molecule has 0 saturated carbocycles. The van der Waals surface area contributed by atoms with Gasteiger partial charge in [-0.05, 0) is 60.5 Å². The molecular formula is C27H24N2O3. The number of pyridine rings is 1. The normalized spacial score (nSPS) is 12.8. The van der Waals surface area contributed by atoms with E-state index in [1.807, 2.05) is 42.6 Å². The van der Waals surface area contributed by atoms with Crippen LogP contribution < -0.4 is 14.4 Å². The summed E-state index contributed by atoms with van der Waals surface area (Å²) in [6.45, 7) is 3.52. The van der Waals surface area contributed by atoms with E-state index in [1.54, 1.807) is 19.6 Å². The van der Waals surface area contributed by atoms with Crippen molar-refractivity contribution in [1.29, 1.82) is 0 Å². The van der Waals surface area contributed by atoms with Gasteiger partial charge in [0.15, 0.2) is 0 Å². The van der Waals surface area contributed by atoms with E-state index in [2.05, 4.69) is 47.1 Å². The SMILES string of the molecule is COc1ccc2c(c1)N(Cc1ccnc(-c3ccoc3)c1)CC=C2Oc1ccccc1C. The number of anilines is 1. The summed E-state index contributed by atoms with van der Waals surface area (Å²) in [7, 11) is 1.69. The van der Waals surface area contributed by atoms with Gasteiger partial charge < -0.3 is 18.8 Å². The molecule has 3 heterocycles. The second-order valence-corrected chi connectivity index (χ2v) is 7.76. The molecule has 0 saturated heterocycles. The molecule has 160 valence electrons. The quantitative estimate of drug-likeness (QED) is 0.374. The molecule has 1 aliphatic heterocycles. The maximum absolute atomic E-state index is 6.33. The van der Waals surface area contributed by atoms with Gasteiger partial charge in [0.2, 0.25) is 0 Å². The monoisotopic (exact) mass is 424 g/mol. The molecule has 0 bridgehead atoms. The zero-order chi connectivity index (χ0) is 21.9. The smallest absolute Gasteiger partial charge is 0.134 e. The first kappa shape index (κ1) is 19.9. The fraction of sp³-hybridized carbons (Fsp3) is 0.148. The lowest BCUT2D eigenvalue weighted by molar-refractivity contribution is 0.414. The molecule has 4 aromatic rings. The molecule has 1 aliphatic rings. The molecule has 0 amide bonds. The third-order valence-corrected chi connectivity index (χ3v) is 5.64. The molecule has 32 heavy (non-hydrogen) atoms. The number of hydrogen-bond donors (Lipinski definition) is 0. The lowest BCUT2D eigenvalue weighted by Crippen LogP contribution is -2.27. The first-order valence-electron chi connectivity index (χ1n) is 10.6. The minimum atomic E-state index is 0.727. The molecule has 2 aromatic heterocycles. The second kappa shape index (κ2) is 8.63. The molecule has 5 rings (SSSR count). The molecule has 2 aromatic carbocycles. The zero-order valence-electron chi connectivity index (χ0n) is 18.1. The van der Waals surface area contributed by atoms with Crippen LogP contribution in [0.15, 0.2) is 89.9 Å². The van der Waals surface area contributed by atoms with Crippen LogP contribution in [0.5, 0.6) is 11.5 Å². The Hall–Kier alpha value is -3.99. The molecule has 5 heteroatoms. The Kier molecular flexibility index (Phi) is 5.38. The fourth-order valence-corrected chi connectivity index (χ4v) is 3.91. The maximum Gasteiger partial charge on any atom is 0.134 e. The highest BCUT2D eigenvalue weighted by Crippen LogP contribution is 2.37. The molecule has 0 spiro atoms. The molecule has 0 unspecified atom stereocenters. The summed E-state index contributed by atoms with van der Waals surface area (Å²) in [4.78, 5) is 6.80. The third kappa shape index (κ3) is 3.97. The first-order valence-corrected chi connectivity index (χ1v) is 10.6. The van der Waals surface area contributed by atoms with Crippen molar-refractivity contribution in [3.05, 3.63) is 102 Å². The maximum atomic E-state index is 6.33. The van der Waals surface area contributed by atoms with Crippen molar-refractivity contribution in [2.75, 3.05) is 18.6 Å². The molecular weight excluding hydrogens is 400 g/mol. The van der Waals surface area contributed by atoms with Crippen LogP contribution in [0.1, 0.15) is 16.7 Å². The average molecular weight is 425 g/mol. The van der Waals surface area contributed by atoms with Crippen LogP contribution in [0.2, 0.25) is 0 Å². The lowest BCUT2D eigenvalue weighted by atomic mass is 10.0. The highest BCUT2D eigenvalue weighted by molar-refractivity contribution is 5.79. The highest BCUT2D eigenvalue weighted by atomic mass is 16.5. The van der Waals surface area contributed by atoms with Gasteiger partial charge >= 0.3 is 0 Å². The second-order valence-electron chi connectivity index (χ2n) is 7.76. The molecule has 5 nitrogen and oxygen atoms in total. The van der Waals surface area contributed by atoms with Crippen molar-refractivity contribution in [1.82, 2.24) is 4.98 Å². The van der Waals surface area contributed by atoms with Gasteiger partial charge in [0.25, 0.3) is 0 Å². The minimum Gasteiger partial charge on any atom is -0.497 e. The number of rotatable bonds is 6. The number of aromatic nitrogens is 1. The average Bonchev–Trinajstić information content (AvgIpc) is 3.37. The van der Waals surface area contributed by atoms with Crippen LogP contribution in [-0.2, 0) is 6.54 Å². The van der Waals surface area contributed by atoms with Crippen molar-refractivity contribution in [2.24, 2.45) is 0 Å². The summed E-state index contributed by atoms with van der Waals surface area (Å²) in [6.07, 6.45) is 7.36. The van der Waals surface area contributed by atoms with Crippen molar-refractivity contribution >= 4 is 11.4 Å². The Labute approximate surface area is 187 Å². The fourth-order valence-electron chi connectivity index (χ4n) is 3.91. The zero-order valence-corrected chi connectivity index (χ0v) is 18.1. The van der Waals surface area contributed by atoms with Crippen molar-refractivity contribution in [3.8, 4) is 22.8 Å². The van der Waals surface area contributed by atoms with E-state index in [-0.39, 0.29) is 0 Å². The van der Waals surface area contributed by atoms with Crippen LogP contribution in [0.4, 0.5) is 5.69 Å². The van der Waals surface area contributed by atoms with E-state index >= 15 is 0 Å². The van der Waals surface area contributed by atoms with Gasteiger partial charge in [-0.3, -0.25) is 4.98 Å². The van der Waals surface area contributed by atoms with Crippen LogP contribution in [0.25, 0.3) is 17.0 Å². The number of methoxy groups -OCH3 is 1. The van der Waals surface area contributed by atoms with E-state index in [0.29, 0.717) is 0 Å². The van der Waals surface area contributed by atoms with E-state index in [4.69, 9.17) is 13.9 Å². The number of hydrogen-bond acceptors (Lipinski definition) is 5. The molecule has 0 aliphatic carbocycles. The third-order valence-electron chi connectivity index (χ3n) is 5.64. The summed E-state index contributed by atoms with van der Waals surface area (Å²) in [5.74, 6) is 2.55. The first-order chi connectivity index (χ1) is 15.7. The van der Waals surface area contributed by atoms with Gasteiger partial charge in [-0.25, -0.2) is 0 Å². The van der Waals surface area contributed by atoms with E-state index in [1.165, 1.54) is 5.56 Å². The summed E-state index contributed by atoms with van der Waals surface area (Å²) >= 11 is 0. The van der Waals surface area contributed by atoms with Crippen LogP contribution >= 0.6 is 0 Å². The van der Waals surface area contributed by atoms with Gasteiger partial charge in [0.1, 0.15) is 17.3 Å². The van der Waals surface area contributed by atoms with E-state index in [0.717, 1.165) is 58.4 Å². The number of fused-ring (bicyclic) bond motifs is 1. The predicted molar refractivity (Wildman–Crippen MR) is 126 cm³/mol. The van der Waals surface area contributed by atoms with Crippen molar-refractivity contribution in [2.45, 2.75) is 13.5 Å². The summed E-state index contributed by atoms with van der Waals surface area (Å²) in [6, 6.07) is 20.3. The van der Waals surface area contributed by atoms with Gasteiger partial charge in [-0.1, -0.05) is 18.2 Å². The Morgan fingerprint density at radius 3 is 2.78 bits per heavy atom. The van der Waals surface area contributed by atoms with Crippen molar-refractivity contribution < 1.29 is 13.9 Å². The molecule has 0 atom stereocenters. The number of benzene rings is 2. The van der Waals surface area contributed by atoms with Gasteiger partial charge in [0.05, 0.1) is 31.0 Å². The van der Waals surface area contributed by atoms with Crippen LogP contribution in [0.3, 0.4) is 0 Å². The minimum absolute atomic E-state index is 0.727. The van der Waals surface area contributed by atoms with E-state index in [9.17, 15) is 0 Å². The molecule has 0 fully saturated rings. The summed E-state index contributed by atoms with van der Waals surface area (Å²) in [5.41, 5.74) is 6.28. The lowest BCUT2D eigenvalue weighted by Gasteiger charge is -2.31. The number of aryl methyl sites for hydroxylation is 1. The predicted octanol–water partition coefficient (Wildman–Crippen LogP) is 6.10. The Balaban J connectivity index is 1.46. The standard InChI is InChI=1S/C27H24N2O3/c1-19-5-3-4-6-26(19)32-27-10-13-29(25-16-22(30-2)7-8-23(25)27)17-20-9-12-28-24(15-20)21-11-14-31-18-21/h3-12,14-16,18H,13,17H2,1-2H3. The molecule has 0 radical (unpaired) electrons. The van der Waals surface area contributed by atoms with E-state index < -0.39 is 0 Å². The largest absolute Gasteiger partial charge is 0.497 e. The van der Waals surface area contributed by atoms with Crippen molar-refractivity contribution in [3.63, 3.8) is 0 Å². The Morgan fingerprint density at radius 2 is 1.97 bits per heavy atom.